The van der Waals surface area contributed by atoms with Crippen molar-refractivity contribution in [2.75, 3.05) is 13.1 Å². The lowest BCUT2D eigenvalue weighted by atomic mass is 9.96. The van der Waals surface area contributed by atoms with Crippen molar-refractivity contribution >= 4 is 44.9 Å². The minimum Gasteiger partial charge on any atom is -0.369 e. The molecule has 1 saturated heterocycles. The molecule has 1 aliphatic rings. The van der Waals surface area contributed by atoms with Crippen molar-refractivity contribution in [3.8, 4) is 0 Å². The number of rotatable bonds is 4. The lowest BCUT2D eigenvalue weighted by Gasteiger charge is -2.30. The first-order valence-electron chi connectivity index (χ1n) is 10.3. The number of primary amides is 1. The first-order chi connectivity index (χ1) is 14.6. The second kappa shape index (κ2) is 7.40. The van der Waals surface area contributed by atoms with Crippen molar-refractivity contribution in [3.63, 3.8) is 0 Å². The predicted molar refractivity (Wildman–Crippen MR) is 116 cm³/mol. The summed E-state index contributed by atoms with van der Waals surface area (Å²) in [6.45, 7) is 1.71. The molecule has 0 saturated carbocycles. The second-order valence-corrected chi connectivity index (χ2v) is 7.86. The summed E-state index contributed by atoms with van der Waals surface area (Å²) in [6.07, 6.45) is 1.67. The van der Waals surface area contributed by atoms with Gasteiger partial charge in [0.25, 0.3) is 0 Å². The number of carbonyl (C=O) groups excluding carboxylic acids is 2. The van der Waals surface area contributed by atoms with E-state index >= 15 is 0 Å². The van der Waals surface area contributed by atoms with Crippen molar-refractivity contribution in [1.29, 1.82) is 0 Å². The van der Waals surface area contributed by atoms with E-state index in [0.717, 1.165) is 33.1 Å². The Morgan fingerprint density at radius 1 is 0.967 bits per heavy atom. The maximum Gasteiger partial charge on any atom is 0.224 e. The number of hydrogen-bond acceptors (Lipinski definition) is 4. The summed E-state index contributed by atoms with van der Waals surface area (Å²) in [5, 5.41) is 1.04. The predicted octanol–water partition coefficient (Wildman–Crippen LogP) is 2.85. The van der Waals surface area contributed by atoms with E-state index in [1.165, 1.54) is 0 Å². The molecule has 2 aromatic carbocycles. The third-order valence-corrected chi connectivity index (χ3v) is 6.06. The van der Waals surface area contributed by atoms with Gasteiger partial charge in [0, 0.05) is 37.4 Å². The van der Waals surface area contributed by atoms with Gasteiger partial charge >= 0.3 is 0 Å². The van der Waals surface area contributed by atoms with E-state index in [4.69, 9.17) is 15.7 Å². The summed E-state index contributed by atoms with van der Waals surface area (Å²) in [7, 11) is 0. The zero-order chi connectivity index (χ0) is 20.7. The van der Waals surface area contributed by atoms with Crippen molar-refractivity contribution in [2.45, 2.75) is 25.8 Å². The minimum atomic E-state index is -0.266. The number of carbonyl (C=O) groups is 2. The van der Waals surface area contributed by atoms with Crippen LogP contribution in [0, 0.1) is 5.92 Å². The zero-order valence-corrected chi connectivity index (χ0v) is 16.6. The van der Waals surface area contributed by atoms with Crippen LogP contribution < -0.4 is 5.73 Å². The molecule has 1 aliphatic heterocycles. The molecule has 5 rings (SSSR count). The molecule has 0 unspecified atom stereocenters. The van der Waals surface area contributed by atoms with Crippen molar-refractivity contribution < 1.29 is 9.59 Å². The molecule has 0 bridgehead atoms. The molecule has 30 heavy (non-hydrogen) atoms. The van der Waals surface area contributed by atoms with Crippen molar-refractivity contribution in [2.24, 2.45) is 11.7 Å². The van der Waals surface area contributed by atoms with Gasteiger partial charge in [-0.3, -0.25) is 9.59 Å². The highest BCUT2D eigenvalue weighted by Crippen LogP contribution is 2.28. The monoisotopic (exact) mass is 401 g/mol. The summed E-state index contributed by atoms with van der Waals surface area (Å²) in [4.78, 5) is 35.7. The highest BCUT2D eigenvalue weighted by molar-refractivity contribution is 6.06. The van der Waals surface area contributed by atoms with Crippen molar-refractivity contribution in [1.82, 2.24) is 19.4 Å². The Balaban J connectivity index is 1.44. The van der Waals surface area contributed by atoms with E-state index in [0.29, 0.717) is 38.9 Å². The van der Waals surface area contributed by atoms with Crippen LogP contribution in [0.25, 0.3) is 33.1 Å². The quantitative estimate of drug-likeness (QED) is 0.569. The molecule has 3 heterocycles. The highest BCUT2D eigenvalue weighted by Gasteiger charge is 2.26. The number of benzene rings is 2. The number of fused-ring (bicyclic) bond motifs is 4. The van der Waals surface area contributed by atoms with E-state index in [-0.39, 0.29) is 17.7 Å². The highest BCUT2D eigenvalue weighted by atomic mass is 16.2. The summed E-state index contributed by atoms with van der Waals surface area (Å²) in [5.74, 6) is -0.286. The molecular weight excluding hydrogens is 378 g/mol. The molecular formula is C23H23N5O2. The average Bonchev–Trinajstić information content (AvgIpc) is 3.08. The van der Waals surface area contributed by atoms with E-state index < -0.39 is 0 Å². The molecule has 2 N–H and O–H groups in total. The topological polar surface area (TPSA) is 94.1 Å². The molecule has 7 heteroatoms. The number of aryl methyl sites for hydroxylation is 1. The smallest absolute Gasteiger partial charge is 0.224 e. The number of hydrogen-bond donors (Lipinski definition) is 1. The average molecular weight is 401 g/mol. The zero-order valence-electron chi connectivity index (χ0n) is 16.6. The Bertz CT molecular complexity index is 1270. The molecule has 0 aliphatic carbocycles. The van der Waals surface area contributed by atoms with E-state index in [1.807, 2.05) is 53.4 Å². The normalized spacial score (nSPS) is 15.3. The van der Waals surface area contributed by atoms with Gasteiger partial charge in [0.05, 0.1) is 16.6 Å². The van der Waals surface area contributed by atoms with Gasteiger partial charge in [-0.1, -0.05) is 30.3 Å². The fourth-order valence-corrected chi connectivity index (χ4v) is 4.39. The van der Waals surface area contributed by atoms with Gasteiger partial charge in [0.2, 0.25) is 11.8 Å². The standard InChI is InChI=1S/C23H23N5O2/c24-22(30)15-9-12-27(13-10-15)20(29)11-14-28-19-8-4-1-5-16(19)21-23(28)26-18-7-3-2-6-17(18)25-21/h1-8,15H,9-14H2,(H2,24,30). The first kappa shape index (κ1) is 18.5. The van der Waals surface area contributed by atoms with Crippen LogP contribution >= 0.6 is 0 Å². The number of aromatic nitrogens is 3. The molecule has 2 amide bonds. The Kier molecular flexibility index (Phi) is 4.58. The Labute approximate surface area is 173 Å². The van der Waals surface area contributed by atoms with Crippen LogP contribution in [0.3, 0.4) is 0 Å². The van der Waals surface area contributed by atoms with Crippen LogP contribution in [0.1, 0.15) is 19.3 Å². The molecule has 7 nitrogen and oxygen atoms in total. The molecule has 0 spiro atoms. The fraction of sp³-hybridized carbons (Fsp3) is 0.304. The van der Waals surface area contributed by atoms with Gasteiger partial charge < -0.3 is 15.2 Å². The van der Waals surface area contributed by atoms with Crippen LogP contribution in [0.15, 0.2) is 48.5 Å². The third kappa shape index (κ3) is 3.16. The first-order valence-corrected chi connectivity index (χ1v) is 10.3. The molecule has 2 aromatic heterocycles. The van der Waals surface area contributed by atoms with Crippen LogP contribution in [-0.4, -0.2) is 44.3 Å². The van der Waals surface area contributed by atoms with E-state index in [9.17, 15) is 9.59 Å². The summed E-state index contributed by atoms with van der Waals surface area (Å²) in [6, 6.07) is 15.9. The van der Waals surface area contributed by atoms with Gasteiger partial charge in [0.1, 0.15) is 5.52 Å². The summed E-state index contributed by atoms with van der Waals surface area (Å²) >= 11 is 0. The number of nitrogens with two attached hydrogens (primary N) is 1. The number of piperidine rings is 1. The molecule has 4 aromatic rings. The molecule has 0 atom stereocenters. The Morgan fingerprint density at radius 2 is 1.63 bits per heavy atom. The van der Waals surface area contributed by atoms with Crippen LogP contribution in [0.5, 0.6) is 0 Å². The number of para-hydroxylation sites is 3. The summed E-state index contributed by atoms with van der Waals surface area (Å²) in [5.41, 5.74) is 9.79. The minimum absolute atomic E-state index is 0.0950. The maximum atomic E-state index is 12.8. The fourth-order valence-electron chi connectivity index (χ4n) is 4.39. The summed E-state index contributed by atoms with van der Waals surface area (Å²) < 4.78 is 2.10. The largest absolute Gasteiger partial charge is 0.369 e. The molecule has 0 radical (unpaired) electrons. The van der Waals surface area contributed by atoms with Gasteiger partial charge in [-0.15, -0.1) is 0 Å². The Morgan fingerprint density at radius 3 is 2.37 bits per heavy atom. The third-order valence-electron chi connectivity index (χ3n) is 6.06. The van der Waals surface area contributed by atoms with Gasteiger partial charge in [-0.05, 0) is 31.0 Å². The Hall–Kier alpha value is -3.48. The van der Waals surface area contributed by atoms with Crippen molar-refractivity contribution in [3.05, 3.63) is 48.5 Å². The van der Waals surface area contributed by atoms with Crippen LogP contribution in [-0.2, 0) is 16.1 Å². The number of likely N-dealkylation sites (tertiary alicyclic amines) is 1. The van der Waals surface area contributed by atoms with Gasteiger partial charge in [0.15, 0.2) is 5.65 Å². The lowest BCUT2D eigenvalue weighted by Crippen LogP contribution is -2.41. The van der Waals surface area contributed by atoms with E-state index in [1.54, 1.807) is 0 Å². The molecule has 152 valence electrons. The van der Waals surface area contributed by atoms with Crippen LogP contribution in [0.4, 0.5) is 0 Å². The van der Waals surface area contributed by atoms with Gasteiger partial charge in [-0.25, -0.2) is 9.97 Å². The number of amides is 2. The SMILES string of the molecule is NC(=O)C1CCN(C(=O)CCn2c3ccccc3c3nc4ccccc4nc32)CC1. The van der Waals surface area contributed by atoms with E-state index in [2.05, 4.69) is 4.57 Å². The second-order valence-electron chi connectivity index (χ2n) is 7.86. The number of nitrogens with zero attached hydrogens (tertiary/aromatic N) is 4. The maximum absolute atomic E-state index is 12.8. The van der Waals surface area contributed by atoms with Crippen LogP contribution in [0.2, 0.25) is 0 Å². The van der Waals surface area contributed by atoms with Gasteiger partial charge in [-0.2, -0.15) is 0 Å². The molecule has 1 fully saturated rings. The lowest BCUT2D eigenvalue weighted by molar-refractivity contribution is -0.135.